The molecule has 1 nitrogen and oxygen atoms in total. The Morgan fingerprint density at radius 1 is 1.15 bits per heavy atom. The lowest BCUT2D eigenvalue weighted by Gasteiger charge is -1.99. The third kappa shape index (κ3) is 7.79. The number of hydrogen-bond donors (Lipinski definition) is 1. The zero-order valence-electron chi connectivity index (χ0n) is 9.14. The Balaban J connectivity index is 3.51. The summed E-state index contributed by atoms with van der Waals surface area (Å²) in [5, 5.41) is 8.63. The van der Waals surface area contributed by atoms with Crippen LogP contribution in [0.1, 0.15) is 46.5 Å². The van der Waals surface area contributed by atoms with Gasteiger partial charge in [0.25, 0.3) is 0 Å². The Bertz CT molecular complexity index is 178. The number of allylic oxidation sites excluding steroid dienone is 3. The quantitative estimate of drug-likeness (QED) is 0.492. The highest BCUT2D eigenvalue weighted by Gasteiger charge is 1.89. The van der Waals surface area contributed by atoms with Crippen molar-refractivity contribution in [1.29, 1.82) is 0 Å². The molecule has 76 valence electrons. The minimum atomic E-state index is 0.176. The summed E-state index contributed by atoms with van der Waals surface area (Å²) in [7, 11) is 0. The molecular formula is C12H22O. The van der Waals surface area contributed by atoms with Gasteiger partial charge in [-0.25, -0.2) is 0 Å². The second-order valence-corrected chi connectivity index (χ2v) is 3.53. The van der Waals surface area contributed by atoms with E-state index in [0.29, 0.717) is 0 Å². The van der Waals surface area contributed by atoms with Gasteiger partial charge in [-0.2, -0.15) is 0 Å². The van der Waals surface area contributed by atoms with Crippen LogP contribution in [0.4, 0.5) is 0 Å². The molecule has 0 bridgehead atoms. The second-order valence-electron chi connectivity index (χ2n) is 3.53. The van der Waals surface area contributed by atoms with Crippen molar-refractivity contribution in [2.75, 3.05) is 6.61 Å². The Kier molecular flexibility index (Phi) is 7.71. The van der Waals surface area contributed by atoms with Crippen LogP contribution in [0.5, 0.6) is 0 Å². The van der Waals surface area contributed by atoms with Crippen LogP contribution in [0.25, 0.3) is 0 Å². The highest BCUT2D eigenvalue weighted by Crippen LogP contribution is 2.08. The van der Waals surface area contributed by atoms with E-state index in [1.165, 1.54) is 17.6 Å². The van der Waals surface area contributed by atoms with E-state index in [9.17, 15) is 0 Å². The number of aliphatic hydroxyl groups is 1. The molecule has 0 aromatic heterocycles. The van der Waals surface area contributed by atoms with Crippen molar-refractivity contribution in [3.05, 3.63) is 23.3 Å². The fourth-order valence-corrected chi connectivity index (χ4v) is 1.13. The van der Waals surface area contributed by atoms with Gasteiger partial charge < -0.3 is 5.11 Å². The zero-order chi connectivity index (χ0) is 10.1. The largest absolute Gasteiger partial charge is 0.392 e. The normalized spacial score (nSPS) is 13.5. The van der Waals surface area contributed by atoms with Crippen molar-refractivity contribution in [2.45, 2.75) is 46.5 Å². The summed E-state index contributed by atoms with van der Waals surface area (Å²) in [6.45, 7) is 6.61. The Hall–Kier alpha value is -0.560. The molecule has 1 heteroatoms. The highest BCUT2D eigenvalue weighted by molar-refractivity contribution is 5.00. The fraction of sp³-hybridized carbons (Fsp3) is 0.667. The molecule has 0 heterocycles. The maximum Gasteiger partial charge on any atom is 0.0614 e. The van der Waals surface area contributed by atoms with E-state index in [0.717, 1.165) is 19.3 Å². The molecule has 0 unspecified atom stereocenters. The molecule has 0 aliphatic rings. The van der Waals surface area contributed by atoms with Crippen molar-refractivity contribution in [3.8, 4) is 0 Å². The molecule has 13 heavy (non-hydrogen) atoms. The molecule has 0 spiro atoms. The van der Waals surface area contributed by atoms with Gasteiger partial charge in [-0.1, -0.05) is 30.2 Å². The molecule has 0 amide bonds. The molecule has 0 aliphatic carbocycles. The molecule has 0 saturated carbocycles. The van der Waals surface area contributed by atoms with Gasteiger partial charge in [0, 0.05) is 0 Å². The summed E-state index contributed by atoms with van der Waals surface area (Å²) < 4.78 is 0. The van der Waals surface area contributed by atoms with E-state index in [-0.39, 0.29) is 6.61 Å². The maximum atomic E-state index is 8.63. The van der Waals surface area contributed by atoms with Gasteiger partial charge in [0.2, 0.25) is 0 Å². The molecular weight excluding hydrogens is 160 g/mol. The molecule has 0 aromatic rings. The van der Waals surface area contributed by atoms with Crippen molar-refractivity contribution in [1.82, 2.24) is 0 Å². The summed E-state index contributed by atoms with van der Waals surface area (Å²) in [6.07, 6.45) is 8.82. The maximum absolute atomic E-state index is 8.63. The van der Waals surface area contributed by atoms with Crippen molar-refractivity contribution < 1.29 is 5.11 Å². The minimum absolute atomic E-state index is 0.176. The van der Waals surface area contributed by atoms with Crippen molar-refractivity contribution in [3.63, 3.8) is 0 Å². The van der Waals surface area contributed by atoms with E-state index in [1.54, 1.807) is 0 Å². The van der Waals surface area contributed by atoms with Crippen LogP contribution in [0.15, 0.2) is 23.3 Å². The van der Waals surface area contributed by atoms with Gasteiger partial charge in [-0.15, -0.1) is 0 Å². The lowest BCUT2D eigenvalue weighted by molar-refractivity contribution is 0.341. The highest BCUT2D eigenvalue weighted by atomic mass is 16.2. The zero-order valence-corrected chi connectivity index (χ0v) is 9.14. The van der Waals surface area contributed by atoms with Crippen LogP contribution in [0, 0.1) is 0 Å². The molecule has 0 radical (unpaired) electrons. The number of aliphatic hydroxyl groups excluding tert-OH is 1. The first kappa shape index (κ1) is 12.4. The molecule has 0 atom stereocenters. The first-order valence-electron chi connectivity index (χ1n) is 5.12. The molecule has 0 aliphatic heterocycles. The molecule has 0 rings (SSSR count). The van der Waals surface area contributed by atoms with Gasteiger partial charge in [-0.3, -0.25) is 0 Å². The summed E-state index contributed by atoms with van der Waals surface area (Å²) in [5.74, 6) is 0. The van der Waals surface area contributed by atoms with Crippen LogP contribution in [0.2, 0.25) is 0 Å². The SMILES string of the molecule is CCC(C)=CCCCC(C)=CCO. The van der Waals surface area contributed by atoms with Gasteiger partial charge in [0.05, 0.1) is 6.61 Å². The van der Waals surface area contributed by atoms with E-state index in [1.807, 2.05) is 6.08 Å². The Morgan fingerprint density at radius 3 is 2.38 bits per heavy atom. The first-order chi connectivity index (χ1) is 6.20. The predicted molar refractivity (Wildman–Crippen MR) is 58.7 cm³/mol. The molecule has 1 N–H and O–H groups in total. The van der Waals surface area contributed by atoms with Crippen LogP contribution < -0.4 is 0 Å². The number of unbranched alkanes of at least 4 members (excludes halogenated alkanes) is 1. The Labute approximate surface area is 82.2 Å². The number of hydrogen-bond acceptors (Lipinski definition) is 1. The standard InChI is InChI=1S/C12H22O/c1-4-11(2)7-5-6-8-12(3)9-10-13/h7,9,13H,4-6,8,10H2,1-3H3. The lowest BCUT2D eigenvalue weighted by atomic mass is 10.1. The van der Waals surface area contributed by atoms with Gasteiger partial charge >= 0.3 is 0 Å². The smallest absolute Gasteiger partial charge is 0.0614 e. The minimum Gasteiger partial charge on any atom is -0.392 e. The number of rotatable bonds is 6. The van der Waals surface area contributed by atoms with Crippen LogP contribution >= 0.6 is 0 Å². The Morgan fingerprint density at radius 2 is 1.85 bits per heavy atom. The molecule has 0 aromatic carbocycles. The lowest BCUT2D eigenvalue weighted by Crippen LogP contribution is -1.82. The van der Waals surface area contributed by atoms with E-state index in [4.69, 9.17) is 5.11 Å². The summed E-state index contributed by atoms with van der Waals surface area (Å²) in [6, 6.07) is 0. The van der Waals surface area contributed by atoms with Crippen molar-refractivity contribution >= 4 is 0 Å². The average molecular weight is 182 g/mol. The second kappa shape index (κ2) is 8.06. The topological polar surface area (TPSA) is 20.2 Å². The van der Waals surface area contributed by atoms with Gasteiger partial charge in [0.15, 0.2) is 0 Å². The predicted octanol–water partition coefficient (Wildman–Crippen LogP) is 3.45. The summed E-state index contributed by atoms with van der Waals surface area (Å²) in [4.78, 5) is 0. The van der Waals surface area contributed by atoms with Crippen LogP contribution in [-0.4, -0.2) is 11.7 Å². The monoisotopic (exact) mass is 182 g/mol. The third-order valence-corrected chi connectivity index (χ3v) is 2.27. The summed E-state index contributed by atoms with van der Waals surface area (Å²) >= 11 is 0. The van der Waals surface area contributed by atoms with Crippen molar-refractivity contribution in [2.24, 2.45) is 0 Å². The fourth-order valence-electron chi connectivity index (χ4n) is 1.13. The van der Waals surface area contributed by atoms with Crippen LogP contribution in [0.3, 0.4) is 0 Å². The van der Waals surface area contributed by atoms with E-state index < -0.39 is 0 Å². The average Bonchev–Trinajstić information content (AvgIpc) is 2.12. The molecule has 0 fully saturated rings. The van der Waals surface area contributed by atoms with E-state index in [2.05, 4.69) is 26.8 Å². The first-order valence-corrected chi connectivity index (χ1v) is 5.12. The van der Waals surface area contributed by atoms with E-state index >= 15 is 0 Å². The summed E-state index contributed by atoms with van der Waals surface area (Å²) in [5.41, 5.74) is 2.77. The van der Waals surface area contributed by atoms with Gasteiger partial charge in [-0.05, 0) is 39.5 Å². The third-order valence-electron chi connectivity index (χ3n) is 2.27. The van der Waals surface area contributed by atoms with Gasteiger partial charge in [0.1, 0.15) is 0 Å². The molecule has 0 saturated heterocycles. The van der Waals surface area contributed by atoms with Crippen LogP contribution in [-0.2, 0) is 0 Å².